The van der Waals surface area contributed by atoms with Gasteiger partial charge in [0.2, 0.25) is 0 Å². The summed E-state index contributed by atoms with van der Waals surface area (Å²) in [5.74, 6) is 0.981. The summed E-state index contributed by atoms with van der Waals surface area (Å²) in [5, 5.41) is 4.20. The normalized spacial score (nSPS) is 10.8. The molecule has 6 nitrogen and oxygen atoms in total. The molecule has 0 radical (unpaired) electrons. The average Bonchev–Trinajstić information content (AvgIpc) is 2.61. The fourth-order valence-electron chi connectivity index (χ4n) is 2.68. The lowest BCUT2D eigenvalue weighted by Gasteiger charge is -2.19. The molecule has 3 aromatic rings. The Labute approximate surface area is 140 Å². The minimum absolute atomic E-state index is 0.168. The summed E-state index contributed by atoms with van der Waals surface area (Å²) in [4.78, 5) is 25.4. The third kappa shape index (κ3) is 3.37. The molecule has 0 aliphatic rings. The van der Waals surface area contributed by atoms with Crippen LogP contribution in [0.25, 0.3) is 11.0 Å². The highest BCUT2D eigenvalue weighted by Crippen LogP contribution is 2.19. The smallest absolute Gasteiger partial charge is 0.251 e. The second-order valence-corrected chi connectivity index (χ2v) is 5.50. The van der Waals surface area contributed by atoms with Crippen LogP contribution in [-0.4, -0.2) is 28.0 Å². The first kappa shape index (κ1) is 16.0. The molecule has 6 heteroatoms. The molecule has 0 bridgehead atoms. The Kier molecular flexibility index (Phi) is 4.74. The molecule has 24 heavy (non-hydrogen) atoms. The lowest BCUT2D eigenvalue weighted by Crippen LogP contribution is -2.22. The van der Waals surface area contributed by atoms with Gasteiger partial charge in [-0.1, -0.05) is 6.07 Å². The summed E-state index contributed by atoms with van der Waals surface area (Å²) in [6, 6.07) is 9.43. The Bertz CT molecular complexity index is 868. The van der Waals surface area contributed by atoms with Crippen molar-refractivity contribution in [3.05, 3.63) is 58.6 Å². The molecule has 0 fully saturated rings. The van der Waals surface area contributed by atoms with Crippen LogP contribution in [0.15, 0.2) is 47.5 Å². The van der Waals surface area contributed by atoms with Crippen LogP contribution in [0.2, 0.25) is 0 Å². The monoisotopic (exact) mass is 323 g/mol. The highest BCUT2D eigenvalue weighted by Gasteiger charge is 2.05. The van der Waals surface area contributed by atoms with Gasteiger partial charge in [-0.25, -0.2) is 9.97 Å². The van der Waals surface area contributed by atoms with Crippen molar-refractivity contribution in [1.82, 2.24) is 15.0 Å². The van der Waals surface area contributed by atoms with Crippen LogP contribution >= 0.6 is 0 Å². The highest BCUT2D eigenvalue weighted by atomic mass is 16.1. The number of pyridine rings is 3. The first-order valence-electron chi connectivity index (χ1n) is 8.13. The van der Waals surface area contributed by atoms with E-state index in [1.54, 1.807) is 12.3 Å². The van der Waals surface area contributed by atoms with Crippen molar-refractivity contribution in [2.24, 2.45) is 0 Å². The largest absolute Gasteiger partial charge is 0.380 e. The topological polar surface area (TPSA) is 73.9 Å². The SMILES string of the molecule is CCN(CC)c1ccc(CNc2cc(=O)[nH]c3ncccc23)cn1. The summed E-state index contributed by atoms with van der Waals surface area (Å²) >= 11 is 0. The van der Waals surface area contributed by atoms with Gasteiger partial charge in [0, 0.05) is 43.5 Å². The minimum atomic E-state index is -0.168. The molecule has 0 aliphatic carbocycles. The van der Waals surface area contributed by atoms with Gasteiger partial charge in [0.15, 0.2) is 0 Å². The number of nitrogens with one attached hydrogen (secondary N) is 2. The second-order valence-electron chi connectivity index (χ2n) is 5.50. The van der Waals surface area contributed by atoms with E-state index in [0.29, 0.717) is 12.2 Å². The minimum Gasteiger partial charge on any atom is -0.380 e. The Morgan fingerprint density at radius 2 is 2.00 bits per heavy atom. The van der Waals surface area contributed by atoms with Crippen LogP contribution in [0, 0.1) is 0 Å². The van der Waals surface area contributed by atoms with Gasteiger partial charge in [-0.05, 0) is 37.6 Å². The molecule has 0 aliphatic heterocycles. The lowest BCUT2D eigenvalue weighted by molar-refractivity contribution is 0.844. The molecule has 2 N–H and O–H groups in total. The van der Waals surface area contributed by atoms with Crippen LogP contribution in [-0.2, 0) is 6.54 Å². The molecule has 0 unspecified atom stereocenters. The molecule has 0 saturated carbocycles. The van der Waals surface area contributed by atoms with Crippen LogP contribution in [0.1, 0.15) is 19.4 Å². The third-order valence-corrected chi connectivity index (χ3v) is 3.99. The summed E-state index contributed by atoms with van der Waals surface area (Å²) in [6.45, 7) is 6.71. The number of rotatable bonds is 6. The standard InChI is InChI=1S/C18H21N5O/c1-3-23(4-2)16-8-7-13(12-21-16)11-20-15-10-17(24)22-18-14(15)6-5-9-19-18/h5-10,12H,3-4,11H2,1-2H3,(H2,19,20,22,24). The van der Waals surface area contributed by atoms with Crippen molar-refractivity contribution >= 4 is 22.5 Å². The van der Waals surface area contributed by atoms with E-state index >= 15 is 0 Å². The maximum absolute atomic E-state index is 11.7. The number of nitrogens with zero attached hydrogens (tertiary/aromatic N) is 3. The summed E-state index contributed by atoms with van der Waals surface area (Å²) in [6.07, 6.45) is 3.53. The molecular weight excluding hydrogens is 302 g/mol. The number of aromatic nitrogens is 3. The summed E-state index contributed by atoms with van der Waals surface area (Å²) < 4.78 is 0. The van der Waals surface area contributed by atoms with Gasteiger partial charge in [0.05, 0.1) is 5.69 Å². The number of fused-ring (bicyclic) bond motifs is 1. The van der Waals surface area contributed by atoms with Crippen molar-refractivity contribution in [1.29, 1.82) is 0 Å². The van der Waals surface area contributed by atoms with Crippen LogP contribution in [0.4, 0.5) is 11.5 Å². The van der Waals surface area contributed by atoms with Crippen LogP contribution in [0.3, 0.4) is 0 Å². The van der Waals surface area contributed by atoms with Gasteiger partial charge in [-0.3, -0.25) is 4.79 Å². The van der Waals surface area contributed by atoms with E-state index in [9.17, 15) is 4.79 Å². The maximum Gasteiger partial charge on any atom is 0.251 e. The number of hydrogen-bond acceptors (Lipinski definition) is 5. The van der Waals surface area contributed by atoms with Gasteiger partial charge >= 0.3 is 0 Å². The van der Waals surface area contributed by atoms with Gasteiger partial charge in [0.25, 0.3) is 5.56 Å². The van der Waals surface area contributed by atoms with Crippen molar-refractivity contribution in [3.8, 4) is 0 Å². The molecule has 3 heterocycles. The number of anilines is 2. The lowest BCUT2D eigenvalue weighted by atomic mass is 10.2. The average molecular weight is 323 g/mol. The fourth-order valence-corrected chi connectivity index (χ4v) is 2.68. The quantitative estimate of drug-likeness (QED) is 0.730. The van der Waals surface area contributed by atoms with E-state index in [1.807, 2.05) is 24.4 Å². The first-order chi connectivity index (χ1) is 11.7. The van der Waals surface area contributed by atoms with E-state index in [4.69, 9.17) is 0 Å². The molecule has 3 rings (SSSR count). The van der Waals surface area contributed by atoms with E-state index in [-0.39, 0.29) is 5.56 Å². The molecule has 124 valence electrons. The van der Waals surface area contributed by atoms with Crippen molar-refractivity contribution in [2.75, 3.05) is 23.3 Å². The number of H-pyrrole nitrogens is 1. The molecule has 3 aromatic heterocycles. The van der Waals surface area contributed by atoms with Gasteiger partial charge in [0.1, 0.15) is 11.5 Å². The highest BCUT2D eigenvalue weighted by molar-refractivity contribution is 5.88. The van der Waals surface area contributed by atoms with E-state index in [2.05, 4.69) is 45.1 Å². The molecule has 0 amide bonds. The van der Waals surface area contributed by atoms with Crippen molar-refractivity contribution < 1.29 is 0 Å². The number of hydrogen-bond donors (Lipinski definition) is 2. The van der Waals surface area contributed by atoms with Crippen LogP contribution < -0.4 is 15.8 Å². The van der Waals surface area contributed by atoms with Gasteiger partial charge < -0.3 is 15.2 Å². The van der Waals surface area contributed by atoms with E-state index in [0.717, 1.165) is 35.5 Å². The predicted octanol–water partition coefficient (Wildman–Crippen LogP) is 2.78. The van der Waals surface area contributed by atoms with E-state index in [1.165, 1.54) is 0 Å². The Morgan fingerprint density at radius 3 is 2.71 bits per heavy atom. The maximum atomic E-state index is 11.7. The zero-order valence-electron chi connectivity index (χ0n) is 13.9. The Hall–Kier alpha value is -2.89. The Morgan fingerprint density at radius 1 is 1.17 bits per heavy atom. The predicted molar refractivity (Wildman–Crippen MR) is 97.5 cm³/mol. The summed E-state index contributed by atoms with van der Waals surface area (Å²) in [7, 11) is 0. The molecule has 0 aromatic carbocycles. The zero-order chi connectivity index (χ0) is 16.9. The van der Waals surface area contributed by atoms with Crippen LogP contribution in [0.5, 0.6) is 0 Å². The fraction of sp³-hybridized carbons (Fsp3) is 0.278. The molecule has 0 saturated heterocycles. The third-order valence-electron chi connectivity index (χ3n) is 3.99. The van der Waals surface area contributed by atoms with E-state index < -0.39 is 0 Å². The van der Waals surface area contributed by atoms with Crippen molar-refractivity contribution in [3.63, 3.8) is 0 Å². The molecular formula is C18H21N5O. The van der Waals surface area contributed by atoms with Gasteiger partial charge in [-0.2, -0.15) is 0 Å². The first-order valence-corrected chi connectivity index (χ1v) is 8.13. The number of aromatic amines is 1. The molecule has 0 spiro atoms. The summed E-state index contributed by atoms with van der Waals surface area (Å²) in [5.41, 5.74) is 2.25. The Balaban J connectivity index is 1.78. The zero-order valence-corrected chi connectivity index (χ0v) is 13.9. The second kappa shape index (κ2) is 7.12. The van der Waals surface area contributed by atoms with Crippen molar-refractivity contribution in [2.45, 2.75) is 20.4 Å². The molecule has 0 atom stereocenters. The van der Waals surface area contributed by atoms with Gasteiger partial charge in [-0.15, -0.1) is 0 Å².